The van der Waals surface area contributed by atoms with Gasteiger partial charge in [0, 0.05) is 12.5 Å². The van der Waals surface area contributed by atoms with Crippen LogP contribution >= 0.6 is 0 Å². The molecule has 0 radical (unpaired) electrons. The molecule has 2 rings (SSSR count). The zero-order valence-corrected chi connectivity index (χ0v) is 9.76. The maximum Gasteiger partial charge on any atom is 0.416 e. The van der Waals surface area contributed by atoms with Crippen LogP contribution in [0.25, 0.3) is 0 Å². The van der Waals surface area contributed by atoms with Crippen molar-refractivity contribution < 1.29 is 17.9 Å². The van der Waals surface area contributed by atoms with Gasteiger partial charge in [-0.05, 0) is 31.2 Å². The molecule has 1 unspecified atom stereocenters. The third-order valence-electron chi connectivity index (χ3n) is 2.97. The van der Waals surface area contributed by atoms with Gasteiger partial charge in [-0.25, -0.2) is 0 Å². The van der Waals surface area contributed by atoms with Gasteiger partial charge in [-0.15, -0.1) is 0 Å². The number of ether oxygens (including phenoxy) is 1. The minimum Gasteiger partial charge on any atom is -0.491 e. The van der Waals surface area contributed by atoms with Crippen LogP contribution in [0.1, 0.15) is 12.0 Å². The molecule has 1 fully saturated rings. The third-order valence-corrected chi connectivity index (χ3v) is 2.97. The van der Waals surface area contributed by atoms with Gasteiger partial charge in [0.15, 0.2) is 0 Å². The average Bonchev–Trinajstić information content (AvgIpc) is 2.79. The molecule has 1 heterocycles. The van der Waals surface area contributed by atoms with E-state index in [1.807, 2.05) is 0 Å². The summed E-state index contributed by atoms with van der Waals surface area (Å²) in [5.41, 5.74) is 4.83. The van der Waals surface area contributed by atoms with Crippen LogP contribution in [0.15, 0.2) is 18.2 Å². The minimum atomic E-state index is -4.37. The van der Waals surface area contributed by atoms with Crippen molar-refractivity contribution in [2.24, 2.45) is 5.92 Å². The first-order chi connectivity index (χ1) is 8.47. The van der Waals surface area contributed by atoms with E-state index in [9.17, 15) is 13.2 Å². The molecule has 3 nitrogen and oxygen atoms in total. The normalized spacial score (nSPS) is 20.1. The molecule has 1 aliphatic rings. The van der Waals surface area contributed by atoms with E-state index in [1.165, 1.54) is 6.07 Å². The van der Waals surface area contributed by atoms with E-state index >= 15 is 0 Å². The molecular weight excluding hydrogens is 245 g/mol. The van der Waals surface area contributed by atoms with Crippen molar-refractivity contribution in [1.82, 2.24) is 5.32 Å². The lowest BCUT2D eigenvalue weighted by atomic mass is 10.1. The molecule has 1 atom stereocenters. The Morgan fingerprint density at radius 3 is 2.72 bits per heavy atom. The van der Waals surface area contributed by atoms with Crippen molar-refractivity contribution in [3.05, 3.63) is 23.8 Å². The summed E-state index contributed by atoms with van der Waals surface area (Å²) in [5.74, 6) is 0.710. The highest BCUT2D eigenvalue weighted by Crippen LogP contribution is 2.33. The molecule has 0 amide bonds. The Morgan fingerprint density at radius 1 is 1.39 bits per heavy atom. The quantitative estimate of drug-likeness (QED) is 0.820. The molecule has 18 heavy (non-hydrogen) atoms. The number of alkyl halides is 3. The lowest BCUT2D eigenvalue weighted by molar-refractivity contribution is -0.137. The summed E-state index contributed by atoms with van der Waals surface area (Å²) in [5, 5.41) is 3.19. The fourth-order valence-corrected chi connectivity index (χ4v) is 1.92. The van der Waals surface area contributed by atoms with Crippen LogP contribution < -0.4 is 15.8 Å². The van der Waals surface area contributed by atoms with Crippen LogP contribution in [-0.2, 0) is 6.18 Å². The summed E-state index contributed by atoms with van der Waals surface area (Å²) in [6, 6.07) is 3.17. The van der Waals surface area contributed by atoms with E-state index in [0.29, 0.717) is 18.3 Å². The van der Waals surface area contributed by atoms with Crippen LogP contribution in [-0.4, -0.2) is 19.7 Å². The van der Waals surface area contributed by atoms with Gasteiger partial charge in [-0.2, -0.15) is 13.2 Å². The standard InChI is InChI=1S/C12H15F3N2O/c13-12(14,15)9-1-2-11(10(16)5-9)18-7-8-3-4-17-6-8/h1-2,5,8,17H,3-4,6-7,16H2. The van der Waals surface area contributed by atoms with Crippen LogP contribution in [0.3, 0.4) is 0 Å². The number of benzene rings is 1. The average molecular weight is 260 g/mol. The van der Waals surface area contributed by atoms with E-state index in [0.717, 1.165) is 31.6 Å². The number of hydrogen-bond acceptors (Lipinski definition) is 3. The Bertz CT molecular complexity index is 414. The van der Waals surface area contributed by atoms with Crippen LogP contribution in [0.4, 0.5) is 18.9 Å². The third kappa shape index (κ3) is 3.07. The fraction of sp³-hybridized carbons (Fsp3) is 0.500. The predicted molar refractivity (Wildman–Crippen MR) is 62.3 cm³/mol. The second kappa shape index (κ2) is 5.06. The lowest BCUT2D eigenvalue weighted by Gasteiger charge is -2.14. The smallest absolute Gasteiger partial charge is 0.416 e. The van der Waals surface area contributed by atoms with Gasteiger partial charge in [-0.3, -0.25) is 0 Å². The Labute approximate surface area is 103 Å². The van der Waals surface area contributed by atoms with Crippen LogP contribution in [0.2, 0.25) is 0 Å². The van der Waals surface area contributed by atoms with E-state index in [1.54, 1.807) is 0 Å². The predicted octanol–water partition coefficient (Wildman–Crippen LogP) is 2.28. The number of halogens is 3. The molecule has 1 saturated heterocycles. The number of hydrogen-bond donors (Lipinski definition) is 2. The van der Waals surface area contributed by atoms with E-state index < -0.39 is 11.7 Å². The molecule has 0 aliphatic carbocycles. The fourth-order valence-electron chi connectivity index (χ4n) is 1.92. The van der Waals surface area contributed by atoms with Gasteiger partial charge in [0.1, 0.15) is 5.75 Å². The van der Waals surface area contributed by atoms with Gasteiger partial charge in [0.2, 0.25) is 0 Å². The summed E-state index contributed by atoms with van der Waals surface area (Å²) < 4.78 is 42.7. The minimum absolute atomic E-state index is 0.0239. The number of rotatable bonds is 3. The van der Waals surface area contributed by atoms with E-state index in [2.05, 4.69) is 5.32 Å². The second-order valence-electron chi connectivity index (χ2n) is 4.42. The molecule has 0 aromatic heterocycles. The number of nitrogen functional groups attached to an aromatic ring is 1. The Balaban J connectivity index is 2.01. The molecule has 1 aromatic rings. The van der Waals surface area contributed by atoms with Crippen LogP contribution in [0.5, 0.6) is 5.75 Å². The molecule has 1 aromatic carbocycles. The molecule has 3 N–H and O–H groups in total. The first-order valence-corrected chi connectivity index (χ1v) is 5.77. The van der Waals surface area contributed by atoms with E-state index in [-0.39, 0.29) is 5.69 Å². The highest BCUT2D eigenvalue weighted by Gasteiger charge is 2.31. The van der Waals surface area contributed by atoms with Crippen molar-refractivity contribution in [3.63, 3.8) is 0 Å². The highest BCUT2D eigenvalue weighted by molar-refractivity contribution is 5.54. The summed E-state index contributed by atoms with van der Waals surface area (Å²) >= 11 is 0. The lowest BCUT2D eigenvalue weighted by Crippen LogP contribution is -2.16. The van der Waals surface area contributed by atoms with Crippen LogP contribution in [0, 0.1) is 5.92 Å². The maximum atomic E-state index is 12.4. The number of nitrogens with two attached hydrogens (primary N) is 1. The second-order valence-corrected chi connectivity index (χ2v) is 4.42. The first-order valence-electron chi connectivity index (χ1n) is 5.77. The number of anilines is 1. The van der Waals surface area contributed by atoms with Gasteiger partial charge in [0.25, 0.3) is 0 Å². The maximum absolute atomic E-state index is 12.4. The molecule has 6 heteroatoms. The van der Waals surface area contributed by atoms with Gasteiger partial charge in [0.05, 0.1) is 17.9 Å². The highest BCUT2D eigenvalue weighted by atomic mass is 19.4. The molecule has 100 valence electrons. The molecule has 1 aliphatic heterocycles. The Morgan fingerprint density at radius 2 is 2.17 bits per heavy atom. The van der Waals surface area contributed by atoms with Crippen molar-refractivity contribution in [1.29, 1.82) is 0 Å². The van der Waals surface area contributed by atoms with Crippen molar-refractivity contribution in [2.75, 3.05) is 25.4 Å². The monoisotopic (exact) mass is 260 g/mol. The summed E-state index contributed by atoms with van der Waals surface area (Å²) in [7, 11) is 0. The Hall–Kier alpha value is -1.43. The molecule has 0 spiro atoms. The first kappa shape index (κ1) is 13.0. The van der Waals surface area contributed by atoms with Crippen molar-refractivity contribution in [3.8, 4) is 5.75 Å². The SMILES string of the molecule is Nc1cc(C(F)(F)F)ccc1OCC1CCNC1. The summed E-state index contributed by atoms with van der Waals surface area (Å²) in [6.07, 6.45) is -3.36. The molecule has 0 saturated carbocycles. The number of nitrogens with one attached hydrogen (secondary N) is 1. The topological polar surface area (TPSA) is 47.3 Å². The summed E-state index contributed by atoms with van der Waals surface area (Å²) in [6.45, 7) is 2.31. The van der Waals surface area contributed by atoms with E-state index in [4.69, 9.17) is 10.5 Å². The molecule has 0 bridgehead atoms. The van der Waals surface area contributed by atoms with Gasteiger partial charge >= 0.3 is 6.18 Å². The van der Waals surface area contributed by atoms with Gasteiger partial charge < -0.3 is 15.8 Å². The zero-order valence-electron chi connectivity index (χ0n) is 9.76. The largest absolute Gasteiger partial charge is 0.491 e. The zero-order chi connectivity index (χ0) is 13.2. The van der Waals surface area contributed by atoms with Crippen molar-refractivity contribution >= 4 is 5.69 Å². The molecular formula is C12H15F3N2O. The Kier molecular flexibility index (Phi) is 3.65. The summed E-state index contributed by atoms with van der Waals surface area (Å²) in [4.78, 5) is 0. The van der Waals surface area contributed by atoms with Crippen molar-refractivity contribution in [2.45, 2.75) is 12.6 Å². The van der Waals surface area contributed by atoms with Gasteiger partial charge in [-0.1, -0.05) is 0 Å².